The van der Waals surface area contributed by atoms with Crippen molar-refractivity contribution in [3.63, 3.8) is 0 Å². The summed E-state index contributed by atoms with van der Waals surface area (Å²) < 4.78 is 10.4. The zero-order chi connectivity index (χ0) is 14.0. The topological polar surface area (TPSA) is 72.6 Å². The van der Waals surface area contributed by atoms with Gasteiger partial charge in [0.15, 0.2) is 5.58 Å². The number of carboxylic acids is 1. The lowest BCUT2D eigenvalue weighted by atomic mass is 9.87. The molecule has 1 aromatic carbocycles. The van der Waals surface area contributed by atoms with E-state index in [-0.39, 0.29) is 18.6 Å². The van der Waals surface area contributed by atoms with Crippen molar-refractivity contribution in [2.45, 2.75) is 32.8 Å². The fourth-order valence-corrected chi connectivity index (χ4v) is 1.73. The van der Waals surface area contributed by atoms with Crippen molar-refractivity contribution in [2.75, 3.05) is 6.61 Å². The minimum absolute atomic E-state index is 0.0487. The average molecular weight is 263 g/mol. The molecule has 1 heterocycles. The third-order valence-corrected chi connectivity index (χ3v) is 2.75. The van der Waals surface area contributed by atoms with Crippen molar-refractivity contribution < 1.29 is 19.1 Å². The van der Waals surface area contributed by atoms with Gasteiger partial charge >= 0.3 is 5.97 Å². The number of oxazole rings is 1. The molecule has 1 N–H and O–H groups in total. The molecule has 102 valence electrons. The van der Waals surface area contributed by atoms with Crippen molar-refractivity contribution in [3.8, 4) is 0 Å². The minimum Gasteiger partial charge on any atom is -0.480 e. The number of aromatic nitrogens is 1. The Hall–Kier alpha value is -1.88. The van der Waals surface area contributed by atoms with Crippen LogP contribution in [0.5, 0.6) is 0 Å². The van der Waals surface area contributed by atoms with Crippen molar-refractivity contribution >= 4 is 17.1 Å². The van der Waals surface area contributed by atoms with Crippen LogP contribution in [0.25, 0.3) is 11.1 Å². The van der Waals surface area contributed by atoms with Gasteiger partial charge in [-0.3, -0.25) is 0 Å². The van der Waals surface area contributed by atoms with Crippen LogP contribution >= 0.6 is 0 Å². The van der Waals surface area contributed by atoms with Gasteiger partial charge < -0.3 is 14.3 Å². The summed E-state index contributed by atoms with van der Waals surface area (Å²) in [7, 11) is 0. The van der Waals surface area contributed by atoms with Crippen LogP contribution in [0.2, 0.25) is 0 Å². The molecular weight excluding hydrogens is 246 g/mol. The quantitative estimate of drug-likeness (QED) is 0.918. The van der Waals surface area contributed by atoms with E-state index in [0.29, 0.717) is 11.5 Å². The van der Waals surface area contributed by atoms with Gasteiger partial charge in [0.25, 0.3) is 0 Å². The standard InChI is InChI=1S/C14H17NO4/c1-14(2,3)9-4-5-11-10(6-9)15-12(19-11)7-18-8-13(16)17/h4-6H,7-8H2,1-3H3,(H,16,17). The zero-order valence-corrected chi connectivity index (χ0v) is 11.3. The molecule has 0 bridgehead atoms. The Morgan fingerprint density at radius 1 is 1.42 bits per heavy atom. The van der Waals surface area contributed by atoms with Crippen molar-refractivity contribution in [1.82, 2.24) is 4.98 Å². The summed E-state index contributed by atoms with van der Waals surface area (Å²) >= 11 is 0. The highest BCUT2D eigenvalue weighted by molar-refractivity contribution is 5.73. The molecule has 1 aromatic heterocycles. The van der Waals surface area contributed by atoms with Crippen LogP contribution in [0.15, 0.2) is 22.6 Å². The van der Waals surface area contributed by atoms with Crippen LogP contribution in [0, 0.1) is 0 Å². The number of benzene rings is 1. The van der Waals surface area contributed by atoms with Gasteiger partial charge in [0.05, 0.1) is 0 Å². The molecule has 0 atom stereocenters. The number of aliphatic carboxylic acids is 1. The summed E-state index contributed by atoms with van der Waals surface area (Å²) in [5.41, 5.74) is 2.67. The Labute approximate surface area is 111 Å². The molecule has 0 aliphatic rings. The Morgan fingerprint density at radius 3 is 2.79 bits per heavy atom. The van der Waals surface area contributed by atoms with Crippen LogP contribution < -0.4 is 0 Å². The molecule has 0 saturated heterocycles. The molecule has 0 aliphatic carbocycles. The Bertz CT molecular complexity index is 595. The molecule has 2 aromatic rings. The smallest absolute Gasteiger partial charge is 0.329 e. The molecule has 0 aliphatic heterocycles. The number of ether oxygens (including phenoxy) is 1. The van der Waals surface area contributed by atoms with Gasteiger partial charge in [-0.1, -0.05) is 26.8 Å². The first kappa shape index (κ1) is 13.5. The third-order valence-electron chi connectivity index (χ3n) is 2.75. The van der Waals surface area contributed by atoms with E-state index in [1.54, 1.807) is 0 Å². The number of rotatable bonds is 4. The average Bonchev–Trinajstić information content (AvgIpc) is 2.68. The summed E-state index contributed by atoms with van der Waals surface area (Å²) in [6.45, 7) is 6.10. The predicted octanol–water partition coefficient (Wildman–Crippen LogP) is 2.73. The molecule has 0 spiro atoms. The second kappa shape index (κ2) is 5.01. The van der Waals surface area contributed by atoms with Crippen LogP contribution in [0.3, 0.4) is 0 Å². The summed E-state index contributed by atoms with van der Waals surface area (Å²) in [5.74, 6) is -0.617. The lowest BCUT2D eigenvalue weighted by Gasteiger charge is -2.18. The van der Waals surface area contributed by atoms with E-state index in [9.17, 15) is 4.79 Å². The van der Waals surface area contributed by atoms with Gasteiger partial charge in [0, 0.05) is 0 Å². The summed E-state index contributed by atoms with van der Waals surface area (Å²) in [6, 6.07) is 5.87. The van der Waals surface area contributed by atoms with Crippen LogP contribution in [0.1, 0.15) is 32.2 Å². The molecule has 0 unspecified atom stereocenters. The summed E-state index contributed by atoms with van der Waals surface area (Å²) in [6.07, 6.45) is 0. The fraction of sp³-hybridized carbons (Fsp3) is 0.429. The molecule has 5 nitrogen and oxygen atoms in total. The molecule has 5 heteroatoms. The summed E-state index contributed by atoms with van der Waals surface area (Å²) in [5, 5.41) is 8.48. The van der Waals surface area contributed by atoms with Crippen molar-refractivity contribution in [3.05, 3.63) is 29.7 Å². The highest BCUT2D eigenvalue weighted by Crippen LogP contribution is 2.26. The maximum atomic E-state index is 10.3. The number of hydrogen-bond donors (Lipinski definition) is 1. The van der Waals surface area contributed by atoms with Crippen LogP contribution in [0.4, 0.5) is 0 Å². The van der Waals surface area contributed by atoms with E-state index >= 15 is 0 Å². The normalized spacial score (nSPS) is 11.9. The number of nitrogens with zero attached hydrogens (tertiary/aromatic N) is 1. The molecule has 0 amide bonds. The Balaban J connectivity index is 2.18. The van der Waals surface area contributed by atoms with Gasteiger partial charge in [0.2, 0.25) is 5.89 Å². The highest BCUT2D eigenvalue weighted by atomic mass is 16.5. The SMILES string of the molecule is CC(C)(C)c1ccc2oc(COCC(=O)O)nc2c1. The molecular formula is C14H17NO4. The van der Waals surface area contributed by atoms with E-state index in [4.69, 9.17) is 14.3 Å². The van der Waals surface area contributed by atoms with E-state index in [2.05, 4.69) is 25.8 Å². The van der Waals surface area contributed by atoms with E-state index in [1.807, 2.05) is 18.2 Å². The molecule has 19 heavy (non-hydrogen) atoms. The summed E-state index contributed by atoms with van der Waals surface area (Å²) in [4.78, 5) is 14.6. The second-order valence-corrected chi connectivity index (χ2v) is 5.43. The number of hydrogen-bond acceptors (Lipinski definition) is 4. The van der Waals surface area contributed by atoms with Gasteiger partial charge in [-0.2, -0.15) is 0 Å². The van der Waals surface area contributed by atoms with E-state index in [1.165, 1.54) is 5.56 Å². The number of carboxylic acid groups (broad SMARTS) is 1. The van der Waals surface area contributed by atoms with Crippen molar-refractivity contribution in [1.29, 1.82) is 0 Å². The van der Waals surface area contributed by atoms with Gasteiger partial charge in [-0.15, -0.1) is 0 Å². The molecule has 2 rings (SSSR count). The lowest BCUT2D eigenvalue weighted by Crippen LogP contribution is -2.10. The number of carbonyl (C=O) groups is 1. The molecule has 0 saturated carbocycles. The maximum absolute atomic E-state index is 10.3. The molecule has 0 fully saturated rings. The van der Waals surface area contributed by atoms with E-state index < -0.39 is 5.97 Å². The Kier molecular flexibility index (Phi) is 3.57. The zero-order valence-electron chi connectivity index (χ0n) is 11.3. The maximum Gasteiger partial charge on any atom is 0.329 e. The Morgan fingerprint density at radius 2 is 2.16 bits per heavy atom. The van der Waals surface area contributed by atoms with Gasteiger partial charge in [-0.05, 0) is 23.1 Å². The highest BCUT2D eigenvalue weighted by Gasteiger charge is 2.15. The van der Waals surface area contributed by atoms with Crippen LogP contribution in [-0.4, -0.2) is 22.7 Å². The predicted molar refractivity (Wildman–Crippen MR) is 70.0 cm³/mol. The third kappa shape index (κ3) is 3.32. The number of fused-ring (bicyclic) bond motifs is 1. The van der Waals surface area contributed by atoms with Gasteiger partial charge in [0.1, 0.15) is 18.7 Å². The first-order valence-electron chi connectivity index (χ1n) is 6.06. The monoisotopic (exact) mass is 263 g/mol. The van der Waals surface area contributed by atoms with Gasteiger partial charge in [-0.25, -0.2) is 9.78 Å². The second-order valence-electron chi connectivity index (χ2n) is 5.43. The minimum atomic E-state index is -1.01. The van der Waals surface area contributed by atoms with E-state index in [0.717, 1.165) is 5.52 Å². The first-order chi connectivity index (χ1) is 8.86. The molecule has 0 radical (unpaired) electrons. The fourth-order valence-electron chi connectivity index (χ4n) is 1.73. The van der Waals surface area contributed by atoms with Crippen LogP contribution in [-0.2, 0) is 21.6 Å². The lowest BCUT2D eigenvalue weighted by molar-refractivity contribution is -0.142. The van der Waals surface area contributed by atoms with Crippen molar-refractivity contribution in [2.24, 2.45) is 0 Å². The first-order valence-corrected chi connectivity index (χ1v) is 6.06. The largest absolute Gasteiger partial charge is 0.480 e.